The Labute approximate surface area is 169 Å². The molecule has 3 heterocycles. The van der Waals surface area contributed by atoms with E-state index in [1.165, 1.54) is 17.4 Å². The first-order valence-electron chi connectivity index (χ1n) is 10.6. The lowest BCUT2D eigenvalue weighted by molar-refractivity contribution is -0.118. The number of nitrogens with two attached hydrogens (primary N) is 1. The summed E-state index contributed by atoms with van der Waals surface area (Å²) in [5, 5.41) is 7.90. The number of carbonyl (C=O) groups excluding carboxylic acids is 1. The monoisotopic (exact) mass is 399 g/mol. The fraction of sp³-hybridized carbons (Fsp3) is 0.600. The van der Waals surface area contributed by atoms with E-state index in [2.05, 4.69) is 21.4 Å². The summed E-state index contributed by atoms with van der Waals surface area (Å²) in [5.41, 5.74) is 7.85. The average Bonchev–Trinajstić information content (AvgIpc) is 2.99. The maximum absolute atomic E-state index is 13.5. The molecular weight excluding hydrogens is 370 g/mol. The Bertz CT molecular complexity index is 998. The van der Waals surface area contributed by atoms with Gasteiger partial charge in [-0.1, -0.05) is 19.4 Å². The van der Waals surface area contributed by atoms with E-state index in [1.54, 1.807) is 4.57 Å². The summed E-state index contributed by atoms with van der Waals surface area (Å²) < 4.78 is 3.13. The minimum absolute atomic E-state index is 0.0246. The van der Waals surface area contributed by atoms with Crippen LogP contribution in [0.3, 0.4) is 0 Å². The molecule has 1 amide bonds. The van der Waals surface area contributed by atoms with Gasteiger partial charge < -0.3 is 20.5 Å². The van der Waals surface area contributed by atoms with Crippen LogP contribution >= 0.6 is 0 Å². The largest absolute Gasteiger partial charge is 0.368 e. The molecule has 1 aliphatic heterocycles. The first kappa shape index (κ1) is 19.6. The maximum Gasteiger partial charge on any atom is 0.299 e. The minimum Gasteiger partial charge on any atom is -0.368 e. The molecule has 9 heteroatoms. The van der Waals surface area contributed by atoms with E-state index in [9.17, 15) is 9.59 Å². The number of aromatic nitrogens is 4. The first-order chi connectivity index (χ1) is 14.1. The molecule has 0 bridgehead atoms. The number of piperazine rings is 1. The Balaban J connectivity index is 1.93. The van der Waals surface area contributed by atoms with E-state index >= 15 is 0 Å². The standard InChI is InChI=1S/C20H29N7O2/c1-2-15-17(25-11-9-22-10-12-25)19(29)27-20(26(15)13-16(21)28)23-18(24-27)14-7-5-3-4-6-8-14/h7,22H,2-6,8-13H2,1H3,(H2,21,28). The highest BCUT2D eigenvalue weighted by molar-refractivity contribution is 5.75. The summed E-state index contributed by atoms with van der Waals surface area (Å²) in [4.78, 5) is 32.1. The van der Waals surface area contributed by atoms with Gasteiger partial charge in [-0.2, -0.15) is 9.50 Å². The lowest BCUT2D eigenvalue weighted by atomic mass is 10.1. The topological polar surface area (TPSA) is 111 Å². The van der Waals surface area contributed by atoms with Crippen LogP contribution in [-0.2, 0) is 17.8 Å². The zero-order chi connectivity index (χ0) is 20.4. The SMILES string of the molecule is CCc1c(N2CCNCC2)c(=O)n2nc(C3=CCCCCC3)nc2n1CC(N)=O. The van der Waals surface area contributed by atoms with E-state index in [-0.39, 0.29) is 12.1 Å². The second-order valence-corrected chi connectivity index (χ2v) is 7.72. The molecule has 0 aromatic carbocycles. The molecule has 2 aliphatic rings. The second-order valence-electron chi connectivity index (χ2n) is 7.72. The van der Waals surface area contributed by atoms with Crippen molar-refractivity contribution in [3.05, 3.63) is 27.9 Å². The van der Waals surface area contributed by atoms with Crippen molar-refractivity contribution in [2.75, 3.05) is 31.1 Å². The second kappa shape index (κ2) is 8.36. The average molecular weight is 399 g/mol. The number of allylic oxidation sites excluding steroid dienone is 2. The summed E-state index contributed by atoms with van der Waals surface area (Å²) in [6.07, 6.45) is 8.15. The third-order valence-electron chi connectivity index (χ3n) is 5.74. The van der Waals surface area contributed by atoms with Gasteiger partial charge in [0.25, 0.3) is 5.56 Å². The van der Waals surface area contributed by atoms with E-state index in [0.717, 1.165) is 56.7 Å². The van der Waals surface area contributed by atoms with Crippen LogP contribution in [0, 0.1) is 0 Å². The minimum atomic E-state index is -0.463. The van der Waals surface area contributed by atoms with Crippen LogP contribution in [0.5, 0.6) is 0 Å². The molecule has 1 saturated heterocycles. The van der Waals surface area contributed by atoms with Gasteiger partial charge in [0, 0.05) is 26.2 Å². The fourth-order valence-electron chi connectivity index (χ4n) is 4.33. The number of hydrogen-bond acceptors (Lipinski definition) is 6. The number of rotatable bonds is 5. The predicted molar refractivity (Wildman–Crippen MR) is 112 cm³/mol. The van der Waals surface area contributed by atoms with Crippen LogP contribution in [0.2, 0.25) is 0 Å². The van der Waals surface area contributed by atoms with Crippen molar-refractivity contribution in [2.24, 2.45) is 5.73 Å². The molecule has 3 N–H and O–H groups in total. The lowest BCUT2D eigenvalue weighted by Gasteiger charge is -2.31. The van der Waals surface area contributed by atoms with Crippen molar-refractivity contribution < 1.29 is 4.79 Å². The zero-order valence-corrected chi connectivity index (χ0v) is 17.0. The van der Waals surface area contributed by atoms with Gasteiger partial charge in [0.05, 0.1) is 5.69 Å². The van der Waals surface area contributed by atoms with Gasteiger partial charge >= 0.3 is 0 Å². The first-order valence-corrected chi connectivity index (χ1v) is 10.6. The number of carbonyl (C=O) groups is 1. The van der Waals surface area contributed by atoms with Crippen LogP contribution in [0.25, 0.3) is 11.4 Å². The van der Waals surface area contributed by atoms with Gasteiger partial charge in [-0.25, -0.2) is 0 Å². The zero-order valence-electron chi connectivity index (χ0n) is 17.0. The molecule has 0 atom stereocenters. The van der Waals surface area contributed by atoms with Crippen LogP contribution in [0.4, 0.5) is 5.69 Å². The molecule has 9 nitrogen and oxygen atoms in total. The summed E-state index contributed by atoms with van der Waals surface area (Å²) in [6, 6.07) is 0. The van der Waals surface area contributed by atoms with Crippen molar-refractivity contribution >= 4 is 22.9 Å². The summed E-state index contributed by atoms with van der Waals surface area (Å²) in [7, 11) is 0. The number of amides is 1. The predicted octanol–water partition coefficient (Wildman–Crippen LogP) is 0.696. The van der Waals surface area contributed by atoms with Crippen molar-refractivity contribution in [1.82, 2.24) is 24.5 Å². The smallest absolute Gasteiger partial charge is 0.299 e. The normalized spacial score (nSPS) is 18.0. The van der Waals surface area contributed by atoms with Crippen LogP contribution in [0.1, 0.15) is 50.5 Å². The molecule has 0 spiro atoms. The highest BCUT2D eigenvalue weighted by Gasteiger charge is 2.25. The Kier molecular flexibility index (Phi) is 5.66. The van der Waals surface area contributed by atoms with Crippen LogP contribution < -0.4 is 21.5 Å². The Morgan fingerprint density at radius 1 is 1.24 bits per heavy atom. The summed E-state index contributed by atoms with van der Waals surface area (Å²) >= 11 is 0. The Morgan fingerprint density at radius 2 is 2.03 bits per heavy atom. The molecule has 0 unspecified atom stereocenters. The highest BCUT2D eigenvalue weighted by atomic mass is 16.1. The number of hydrogen-bond donors (Lipinski definition) is 2. The summed E-state index contributed by atoms with van der Waals surface area (Å²) in [6.45, 7) is 5.05. The molecule has 4 rings (SSSR count). The molecule has 1 aliphatic carbocycles. The number of nitrogens with zero attached hydrogens (tertiary/aromatic N) is 5. The number of nitrogens with one attached hydrogen (secondary N) is 1. The van der Waals surface area contributed by atoms with Crippen molar-refractivity contribution in [1.29, 1.82) is 0 Å². The molecular formula is C20H29N7O2. The van der Waals surface area contributed by atoms with Crippen LogP contribution in [-0.4, -0.2) is 51.3 Å². The molecule has 156 valence electrons. The van der Waals surface area contributed by atoms with E-state index in [1.807, 2.05) is 6.92 Å². The van der Waals surface area contributed by atoms with Gasteiger partial charge in [-0.05, 0) is 37.7 Å². The van der Waals surface area contributed by atoms with Gasteiger partial charge in [0.1, 0.15) is 12.2 Å². The van der Waals surface area contributed by atoms with Crippen molar-refractivity contribution in [3.8, 4) is 0 Å². The van der Waals surface area contributed by atoms with Crippen LogP contribution in [0.15, 0.2) is 10.9 Å². The molecule has 1 fully saturated rings. The Morgan fingerprint density at radius 3 is 2.76 bits per heavy atom. The number of anilines is 1. The van der Waals surface area contributed by atoms with Crippen molar-refractivity contribution in [2.45, 2.75) is 52.0 Å². The molecule has 0 saturated carbocycles. The maximum atomic E-state index is 13.5. The molecule has 29 heavy (non-hydrogen) atoms. The third kappa shape index (κ3) is 3.78. The molecule has 0 radical (unpaired) electrons. The Hall–Kier alpha value is -2.68. The van der Waals surface area contributed by atoms with Gasteiger partial charge in [-0.15, -0.1) is 5.10 Å². The van der Waals surface area contributed by atoms with E-state index in [0.29, 0.717) is 23.7 Å². The van der Waals surface area contributed by atoms with E-state index < -0.39 is 5.91 Å². The van der Waals surface area contributed by atoms with Crippen molar-refractivity contribution in [3.63, 3.8) is 0 Å². The number of fused-ring (bicyclic) bond motifs is 1. The van der Waals surface area contributed by atoms with E-state index in [4.69, 9.17) is 10.7 Å². The summed E-state index contributed by atoms with van der Waals surface area (Å²) in [5.74, 6) is 0.515. The third-order valence-corrected chi connectivity index (χ3v) is 5.74. The quantitative estimate of drug-likeness (QED) is 0.766. The number of primary amides is 1. The molecule has 2 aromatic rings. The van der Waals surface area contributed by atoms with Gasteiger partial charge in [-0.3, -0.25) is 9.59 Å². The van der Waals surface area contributed by atoms with Gasteiger partial charge in [0.2, 0.25) is 11.7 Å². The highest BCUT2D eigenvalue weighted by Crippen LogP contribution is 2.25. The molecule has 2 aromatic heterocycles. The fourth-order valence-corrected chi connectivity index (χ4v) is 4.33. The van der Waals surface area contributed by atoms with Gasteiger partial charge in [0.15, 0.2) is 5.82 Å². The lowest BCUT2D eigenvalue weighted by Crippen LogP contribution is -2.47.